The number of hydrogen-bond acceptors (Lipinski definition) is 6. The maximum Gasteiger partial charge on any atom is 0.348 e. The second-order valence-electron chi connectivity index (χ2n) is 6.53. The Kier molecular flexibility index (Phi) is 6.13. The molecule has 0 radical (unpaired) electrons. The number of thiophene rings is 1. The van der Waals surface area contributed by atoms with Gasteiger partial charge in [-0.1, -0.05) is 6.92 Å². The Balaban J connectivity index is 1.66. The van der Waals surface area contributed by atoms with E-state index < -0.39 is 5.97 Å². The number of esters is 1. The maximum absolute atomic E-state index is 12.5. The summed E-state index contributed by atoms with van der Waals surface area (Å²) in [5.74, 6) is -0.648. The first-order chi connectivity index (χ1) is 13.0. The summed E-state index contributed by atoms with van der Waals surface area (Å²) in [6, 6.07) is 9.37. The normalized spacial score (nSPS) is 14.9. The molecule has 1 aromatic carbocycles. The molecule has 0 spiro atoms. The van der Waals surface area contributed by atoms with E-state index in [1.54, 1.807) is 12.1 Å². The third kappa shape index (κ3) is 4.48. The Bertz CT molecular complexity index is 826. The van der Waals surface area contributed by atoms with Crippen LogP contribution < -0.4 is 10.2 Å². The summed E-state index contributed by atoms with van der Waals surface area (Å²) in [6.07, 6.45) is 0. The van der Waals surface area contributed by atoms with Gasteiger partial charge in [-0.3, -0.25) is 4.79 Å². The number of amides is 1. The van der Waals surface area contributed by atoms with Crippen LogP contribution in [0.25, 0.3) is 0 Å². The molecule has 0 aliphatic carbocycles. The highest BCUT2D eigenvalue weighted by Crippen LogP contribution is 2.25. The number of ether oxygens (including phenoxy) is 1. The van der Waals surface area contributed by atoms with Crippen molar-refractivity contribution in [3.8, 4) is 0 Å². The van der Waals surface area contributed by atoms with Crippen molar-refractivity contribution in [1.29, 1.82) is 0 Å². The first-order valence-corrected chi connectivity index (χ1v) is 9.91. The van der Waals surface area contributed by atoms with Gasteiger partial charge in [0.25, 0.3) is 5.91 Å². The van der Waals surface area contributed by atoms with Crippen molar-refractivity contribution >= 4 is 34.6 Å². The first kappa shape index (κ1) is 19.4. The highest BCUT2D eigenvalue weighted by Gasteiger charge is 2.18. The van der Waals surface area contributed by atoms with E-state index in [1.165, 1.54) is 12.8 Å². The molecule has 0 saturated carbocycles. The minimum absolute atomic E-state index is 0.220. The molecule has 0 atom stereocenters. The number of nitrogens with one attached hydrogen (secondary N) is 1. The number of carbonyl (C=O) groups excluding carboxylic acids is 2. The molecule has 1 amide bonds. The van der Waals surface area contributed by atoms with Crippen LogP contribution in [0.4, 0.5) is 11.4 Å². The second-order valence-corrected chi connectivity index (χ2v) is 7.61. The summed E-state index contributed by atoms with van der Waals surface area (Å²) in [6.45, 7) is 9.48. The Hall–Kier alpha value is -2.38. The number of piperazine rings is 1. The summed E-state index contributed by atoms with van der Waals surface area (Å²) < 4.78 is 4.68. The monoisotopic (exact) mass is 387 g/mol. The van der Waals surface area contributed by atoms with E-state index in [4.69, 9.17) is 0 Å². The van der Waals surface area contributed by atoms with Crippen LogP contribution in [0, 0.1) is 6.92 Å². The fourth-order valence-electron chi connectivity index (χ4n) is 3.16. The van der Waals surface area contributed by atoms with Crippen LogP contribution in [-0.4, -0.2) is 56.6 Å². The number of anilines is 2. The molecule has 3 rings (SSSR count). The van der Waals surface area contributed by atoms with Gasteiger partial charge in [0.15, 0.2) is 0 Å². The van der Waals surface area contributed by atoms with E-state index in [2.05, 4.69) is 38.9 Å². The second kappa shape index (κ2) is 8.54. The topological polar surface area (TPSA) is 61.9 Å². The fourth-order valence-corrected chi connectivity index (χ4v) is 3.98. The van der Waals surface area contributed by atoms with Gasteiger partial charge in [0.2, 0.25) is 0 Å². The third-order valence-electron chi connectivity index (χ3n) is 4.86. The van der Waals surface area contributed by atoms with Crippen molar-refractivity contribution < 1.29 is 14.3 Å². The molecular formula is C20H25N3O3S. The zero-order chi connectivity index (χ0) is 19.4. The number of hydrogen-bond donors (Lipinski definition) is 1. The zero-order valence-electron chi connectivity index (χ0n) is 15.9. The number of nitrogens with zero attached hydrogens (tertiary/aromatic N) is 2. The molecule has 1 saturated heterocycles. The van der Waals surface area contributed by atoms with Crippen LogP contribution in [0.15, 0.2) is 30.3 Å². The fraction of sp³-hybridized carbons (Fsp3) is 0.400. The SMILES string of the molecule is CCN1CCN(c2ccc(NC(=O)c3ccc(C(=O)OC)s3)c(C)c2)CC1. The molecule has 0 unspecified atom stereocenters. The molecule has 2 aromatic rings. The van der Waals surface area contributed by atoms with Crippen molar-refractivity contribution in [2.75, 3.05) is 50.1 Å². The van der Waals surface area contributed by atoms with E-state index in [-0.39, 0.29) is 5.91 Å². The van der Waals surface area contributed by atoms with Gasteiger partial charge >= 0.3 is 5.97 Å². The molecule has 1 N–H and O–H groups in total. The molecule has 7 heteroatoms. The van der Waals surface area contributed by atoms with E-state index in [0.717, 1.165) is 55.3 Å². The predicted molar refractivity (Wildman–Crippen MR) is 109 cm³/mol. The smallest absolute Gasteiger partial charge is 0.348 e. The largest absolute Gasteiger partial charge is 0.465 e. The van der Waals surface area contributed by atoms with Gasteiger partial charge in [-0.05, 0) is 49.4 Å². The molecular weight excluding hydrogens is 362 g/mol. The Morgan fingerprint density at radius 3 is 2.44 bits per heavy atom. The number of likely N-dealkylation sites (N-methyl/N-ethyl adjacent to an activating group) is 1. The van der Waals surface area contributed by atoms with E-state index in [9.17, 15) is 9.59 Å². The van der Waals surface area contributed by atoms with Crippen molar-refractivity contribution in [3.63, 3.8) is 0 Å². The summed E-state index contributed by atoms with van der Waals surface area (Å²) in [4.78, 5) is 29.7. The molecule has 0 bridgehead atoms. The van der Waals surface area contributed by atoms with Crippen molar-refractivity contribution in [3.05, 3.63) is 45.6 Å². The van der Waals surface area contributed by atoms with E-state index >= 15 is 0 Å². The zero-order valence-corrected chi connectivity index (χ0v) is 16.8. The lowest BCUT2D eigenvalue weighted by Gasteiger charge is -2.35. The van der Waals surface area contributed by atoms with Crippen molar-refractivity contribution in [2.45, 2.75) is 13.8 Å². The number of rotatable bonds is 5. The summed E-state index contributed by atoms with van der Waals surface area (Å²) in [5.41, 5.74) is 2.98. The van der Waals surface area contributed by atoms with Gasteiger partial charge in [-0.2, -0.15) is 0 Å². The van der Waals surface area contributed by atoms with Gasteiger partial charge in [0.1, 0.15) is 4.88 Å². The van der Waals surface area contributed by atoms with Gasteiger partial charge in [-0.15, -0.1) is 11.3 Å². The maximum atomic E-state index is 12.5. The number of aryl methyl sites for hydroxylation is 1. The molecule has 27 heavy (non-hydrogen) atoms. The quantitative estimate of drug-likeness (QED) is 0.798. The van der Waals surface area contributed by atoms with Crippen LogP contribution in [-0.2, 0) is 4.74 Å². The minimum atomic E-state index is -0.428. The average molecular weight is 388 g/mol. The molecule has 1 aliphatic heterocycles. The molecule has 1 aromatic heterocycles. The van der Waals surface area contributed by atoms with Crippen LogP contribution in [0.5, 0.6) is 0 Å². The molecule has 1 fully saturated rings. The summed E-state index contributed by atoms with van der Waals surface area (Å²) in [5, 5.41) is 2.94. The van der Waals surface area contributed by atoms with Crippen LogP contribution in [0.3, 0.4) is 0 Å². The molecule has 6 nitrogen and oxygen atoms in total. The Morgan fingerprint density at radius 1 is 1.11 bits per heavy atom. The molecule has 144 valence electrons. The molecule has 1 aliphatic rings. The van der Waals surface area contributed by atoms with Crippen LogP contribution in [0.1, 0.15) is 31.8 Å². The van der Waals surface area contributed by atoms with Gasteiger partial charge in [-0.25, -0.2) is 4.79 Å². The highest BCUT2D eigenvalue weighted by molar-refractivity contribution is 7.16. The minimum Gasteiger partial charge on any atom is -0.465 e. The first-order valence-electron chi connectivity index (χ1n) is 9.09. The number of benzene rings is 1. The van der Waals surface area contributed by atoms with Crippen molar-refractivity contribution in [1.82, 2.24) is 4.90 Å². The lowest BCUT2D eigenvalue weighted by Crippen LogP contribution is -2.46. The Morgan fingerprint density at radius 2 is 1.81 bits per heavy atom. The lowest BCUT2D eigenvalue weighted by atomic mass is 10.1. The standard InChI is InChI=1S/C20H25N3O3S/c1-4-22-9-11-23(12-10-22)15-5-6-16(14(2)13-15)21-19(24)17-7-8-18(27-17)20(25)26-3/h5-8,13H,4,9-12H2,1-3H3,(H,21,24). The lowest BCUT2D eigenvalue weighted by molar-refractivity contribution is 0.0606. The van der Waals surface area contributed by atoms with Gasteiger partial charge in [0, 0.05) is 37.6 Å². The van der Waals surface area contributed by atoms with Crippen molar-refractivity contribution in [2.24, 2.45) is 0 Å². The van der Waals surface area contributed by atoms with E-state index in [1.807, 2.05) is 13.0 Å². The van der Waals surface area contributed by atoms with Gasteiger partial charge in [0.05, 0.1) is 12.0 Å². The summed E-state index contributed by atoms with van der Waals surface area (Å²) in [7, 11) is 1.33. The van der Waals surface area contributed by atoms with Crippen LogP contribution in [0.2, 0.25) is 0 Å². The predicted octanol–water partition coefficient (Wildman–Crippen LogP) is 3.24. The highest BCUT2D eigenvalue weighted by atomic mass is 32.1. The number of methoxy groups -OCH3 is 1. The van der Waals surface area contributed by atoms with Gasteiger partial charge < -0.3 is 19.9 Å². The molecule has 2 heterocycles. The Labute approximate surface area is 163 Å². The number of carbonyl (C=O) groups is 2. The van der Waals surface area contributed by atoms with Crippen LogP contribution >= 0.6 is 11.3 Å². The van der Waals surface area contributed by atoms with E-state index in [0.29, 0.717) is 9.75 Å². The third-order valence-corrected chi connectivity index (χ3v) is 5.92. The average Bonchev–Trinajstić information content (AvgIpc) is 3.19. The summed E-state index contributed by atoms with van der Waals surface area (Å²) >= 11 is 1.13.